The second kappa shape index (κ2) is 9.69. The number of rotatable bonds is 3. The molecule has 2 nitrogen and oxygen atoms in total. The fraction of sp³-hybridized carbons (Fsp3) is 0. The van der Waals surface area contributed by atoms with Gasteiger partial charge in [0, 0.05) is 32.9 Å². The van der Waals surface area contributed by atoms with Crippen molar-refractivity contribution >= 4 is 65.2 Å². The molecule has 0 fully saturated rings. The number of aromatic nitrogens is 2. The number of hydrogen-bond donors (Lipinski definition) is 0. The van der Waals surface area contributed by atoms with Crippen molar-refractivity contribution in [3.63, 3.8) is 0 Å². The SMILES string of the molecule is c1ccc(-n2c3ccccc3c3ccc4c5ccccc5n(-c5cccc(-c6ccc7ccc8ccccc8c7c6)c5)c4c32)cc1. The fourth-order valence-corrected chi connectivity index (χ4v) is 7.62. The molecule has 10 rings (SSSR count). The average molecular weight is 585 g/mol. The Kier molecular flexibility index (Phi) is 5.31. The van der Waals surface area contributed by atoms with Crippen molar-refractivity contribution in [3.8, 4) is 22.5 Å². The zero-order valence-corrected chi connectivity index (χ0v) is 25.1. The summed E-state index contributed by atoms with van der Waals surface area (Å²) in [6, 6.07) is 62.0. The van der Waals surface area contributed by atoms with Crippen molar-refractivity contribution in [3.05, 3.63) is 170 Å². The van der Waals surface area contributed by atoms with Gasteiger partial charge in [-0.2, -0.15) is 0 Å². The Balaban J connectivity index is 1.29. The predicted octanol–water partition coefficient (Wildman–Crippen LogP) is 11.9. The first-order chi connectivity index (χ1) is 22.8. The van der Waals surface area contributed by atoms with Crippen molar-refractivity contribution < 1.29 is 0 Å². The van der Waals surface area contributed by atoms with E-state index in [1.807, 2.05) is 0 Å². The van der Waals surface area contributed by atoms with Crippen molar-refractivity contribution in [1.29, 1.82) is 0 Å². The third-order valence-electron chi connectivity index (χ3n) is 9.67. The molecule has 0 saturated heterocycles. The lowest BCUT2D eigenvalue weighted by Gasteiger charge is -2.14. The molecule has 2 aromatic heterocycles. The summed E-state index contributed by atoms with van der Waals surface area (Å²) < 4.78 is 4.92. The first-order valence-electron chi connectivity index (χ1n) is 15.9. The Morgan fingerprint density at radius 3 is 1.52 bits per heavy atom. The van der Waals surface area contributed by atoms with E-state index >= 15 is 0 Å². The normalized spacial score (nSPS) is 11.9. The summed E-state index contributed by atoms with van der Waals surface area (Å²) in [5.41, 5.74) is 9.60. The van der Waals surface area contributed by atoms with Crippen LogP contribution in [-0.2, 0) is 0 Å². The molecule has 8 aromatic carbocycles. The second-order valence-electron chi connectivity index (χ2n) is 12.2. The average Bonchev–Trinajstić information content (AvgIpc) is 3.65. The predicted molar refractivity (Wildman–Crippen MR) is 196 cm³/mol. The van der Waals surface area contributed by atoms with E-state index in [1.165, 1.54) is 76.3 Å². The summed E-state index contributed by atoms with van der Waals surface area (Å²) in [5, 5.41) is 10.1. The van der Waals surface area contributed by atoms with Crippen LogP contribution >= 0.6 is 0 Å². The minimum Gasteiger partial charge on any atom is -0.307 e. The molecule has 0 radical (unpaired) electrons. The van der Waals surface area contributed by atoms with Crippen LogP contribution in [0.5, 0.6) is 0 Å². The summed E-state index contributed by atoms with van der Waals surface area (Å²) in [4.78, 5) is 0. The molecule has 0 saturated carbocycles. The van der Waals surface area contributed by atoms with Crippen LogP contribution < -0.4 is 0 Å². The molecule has 0 atom stereocenters. The van der Waals surface area contributed by atoms with Crippen LogP contribution in [0.2, 0.25) is 0 Å². The van der Waals surface area contributed by atoms with Crippen LogP contribution in [0.4, 0.5) is 0 Å². The number of nitrogens with zero attached hydrogens (tertiary/aromatic N) is 2. The molecule has 46 heavy (non-hydrogen) atoms. The highest BCUT2D eigenvalue weighted by atomic mass is 15.0. The monoisotopic (exact) mass is 584 g/mol. The minimum atomic E-state index is 1.15. The number of fused-ring (bicyclic) bond motifs is 10. The first-order valence-corrected chi connectivity index (χ1v) is 15.9. The molecule has 10 aromatic rings. The maximum absolute atomic E-state index is 2.48. The topological polar surface area (TPSA) is 9.86 Å². The van der Waals surface area contributed by atoms with Gasteiger partial charge in [0.2, 0.25) is 0 Å². The number of para-hydroxylation sites is 3. The van der Waals surface area contributed by atoms with E-state index in [-0.39, 0.29) is 0 Å². The fourth-order valence-electron chi connectivity index (χ4n) is 7.62. The van der Waals surface area contributed by atoms with Gasteiger partial charge in [0.1, 0.15) is 0 Å². The lowest BCUT2D eigenvalue weighted by molar-refractivity contribution is 1.15. The number of benzene rings is 8. The molecule has 0 aliphatic carbocycles. The van der Waals surface area contributed by atoms with Crippen LogP contribution in [0.15, 0.2) is 170 Å². The van der Waals surface area contributed by atoms with Gasteiger partial charge in [-0.1, -0.05) is 127 Å². The highest BCUT2D eigenvalue weighted by Crippen LogP contribution is 2.42. The van der Waals surface area contributed by atoms with Crippen molar-refractivity contribution in [1.82, 2.24) is 9.13 Å². The van der Waals surface area contributed by atoms with Crippen LogP contribution in [-0.4, -0.2) is 9.13 Å². The van der Waals surface area contributed by atoms with Gasteiger partial charge in [0.05, 0.1) is 22.1 Å². The van der Waals surface area contributed by atoms with E-state index < -0.39 is 0 Å². The van der Waals surface area contributed by atoms with Gasteiger partial charge in [-0.25, -0.2) is 0 Å². The summed E-state index contributed by atoms with van der Waals surface area (Å²) in [5.74, 6) is 0. The van der Waals surface area contributed by atoms with Crippen LogP contribution in [0.1, 0.15) is 0 Å². The maximum atomic E-state index is 2.48. The third kappa shape index (κ3) is 3.59. The molecule has 2 heteroatoms. The van der Waals surface area contributed by atoms with Gasteiger partial charge >= 0.3 is 0 Å². The van der Waals surface area contributed by atoms with E-state index in [4.69, 9.17) is 0 Å². The van der Waals surface area contributed by atoms with Gasteiger partial charge in [0.15, 0.2) is 0 Å². The van der Waals surface area contributed by atoms with Gasteiger partial charge in [-0.3, -0.25) is 0 Å². The van der Waals surface area contributed by atoms with Gasteiger partial charge < -0.3 is 9.13 Å². The summed E-state index contributed by atoms with van der Waals surface area (Å²) in [6.45, 7) is 0. The Morgan fingerprint density at radius 2 is 0.804 bits per heavy atom. The summed E-state index contributed by atoms with van der Waals surface area (Å²) in [6.07, 6.45) is 0. The second-order valence-corrected chi connectivity index (χ2v) is 12.2. The maximum Gasteiger partial charge on any atom is 0.0788 e. The van der Waals surface area contributed by atoms with E-state index in [0.717, 1.165) is 11.4 Å². The molecule has 0 bridgehead atoms. The molecule has 0 N–H and O–H groups in total. The standard InChI is InChI=1S/C44H28N2/c1-2-13-33(14-3-1)45-41-19-8-6-17-36(41)38-25-26-39-37-18-7-9-20-42(37)46(44(39)43(38)45)34-15-10-12-31(27-34)32-24-23-30-22-21-29-11-4-5-16-35(29)40(30)28-32/h1-28H. The van der Waals surface area contributed by atoms with E-state index in [2.05, 4.69) is 179 Å². The Morgan fingerprint density at radius 1 is 0.283 bits per heavy atom. The smallest absolute Gasteiger partial charge is 0.0788 e. The molecule has 0 aliphatic rings. The quantitative estimate of drug-likeness (QED) is 0.183. The Labute approximate surface area is 266 Å². The van der Waals surface area contributed by atoms with Crippen molar-refractivity contribution in [2.24, 2.45) is 0 Å². The largest absolute Gasteiger partial charge is 0.307 e. The summed E-state index contributed by atoms with van der Waals surface area (Å²) >= 11 is 0. The highest BCUT2D eigenvalue weighted by Gasteiger charge is 2.21. The van der Waals surface area contributed by atoms with Gasteiger partial charge in [0.25, 0.3) is 0 Å². The molecular formula is C44H28N2. The highest BCUT2D eigenvalue weighted by molar-refractivity contribution is 6.23. The first kappa shape index (κ1) is 25.2. The molecule has 0 aliphatic heterocycles. The molecule has 214 valence electrons. The van der Waals surface area contributed by atoms with Gasteiger partial charge in [-0.15, -0.1) is 0 Å². The van der Waals surface area contributed by atoms with E-state index in [9.17, 15) is 0 Å². The lowest BCUT2D eigenvalue weighted by atomic mass is 9.97. The van der Waals surface area contributed by atoms with Gasteiger partial charge in [-0.05, 0) is 75.1 Å². The molecule has 0 unspecified atom stereocenters. The van der Waals surface area contributed by atoms with E-state index in [0.29, 0.717) is 0 Å². The molecule has 0 spiro atoms. The van der Waals surface area contributed by atoms with E-state index in [1.54, 1.807) is 0 Å². The third-order valence-corrected chi connectivity index (χ3v) is 9.67. The zero-order chi connectivity index (χ0) is 30.2. The lowest BCUT2D eigenvalue weighted by Crippen LogP contribution is -1.98. The summed E-state index contributed by atoms with van der Waals surface area (Å²) in [7, 11) is 0. The Bertz CT molecular complexity index is 2800. The molecule has 2 heterocycles. The molecule has 0 amide bonds. The molecular weight excluding hydrogens is 556 g/mol. The van der Waals surface area contributed by atoms with Crippen LogP contribution in [0, 0.1) is 0 Å². The van der Waals surface area contributed by atoms with Crippen LogP contribution in [0.25, 0.3) is 87.7 Å². The Hall–Kier alpha value is -6.12. The minimum absolute atomic E-state index is 1.15. The van der Waals surface area contributed by atoms with Crippen molar-refractivity contribution in [2.45, 2.75) is 0 Å². The van der Waals surface area contributed by atoms with Crippen molar-refractivity contribution in [2.75, 3.05) is 0 Å². The number of hydrogen-bond acceptors (Lipinski definition) is 0. The zero-order valence-electron chi connectivity index (χ0n) is 25.1. The van der Waals surface area contributed by atoms with Crippen LogP contribution in [0.3, 0.4) is 0 Å².